The van der Waals surface area contributed by atoms with Gasteiger partial charge in [-0.2, -0.15) is 16.9 Å². The first-order valence-corrected chi connectivity index (χ1v) is 9.27. The number of carbonyl (C=O) groups is 1. The Kier molecular flexibility index (Phi) is 4.91. The zero-order valence-electron chi connectivity index (χ0n) is 13.2. The smallest absolute Gasteiger partial charge is 0.335 e. The van der Waals surface area contributed by atoms with Gasteiger partial charge < -0.3 is 10.4 Å². The van der Waals surface area contributed by atoms with Crippen LogP contribution in [0.15, 0.2) is 24.3 Å². The van der Waals surface area contributed by atoms with E-state index in [9.17, 15) is 4.79 Å². The van der Waals surface area contributed by atoms with E-state index in [1.54, 1.807) is 12.1 Å². The lowest BCUT2D eigenvalue weighted by molar-refractivity contribution is 0.0697. The van der Waals surface area contributed by atoms with E-state index in [2.05, 4.69) is 11.6 Å². The molecule has 0 saturated heterocycles. The van der Waals surface area contributed by atoms with Crippen molar-refractivity contribution in [1.82, 2.24) is 9.78 Å². The van der Waals surface area contributed by atoms with E-state index < -0.39 is 5.97 Å². The fraction of sp³-hybridized carbons (Fsp3) is 0.412. The van der Waals surface area contributed by atoms with Gasteiger partial charge in [0.15, 0.2) is 0 Å². The molecule has 0 spiro atoms. The Morgan fingerprint density at radius 1 is 1.35 bits per heavy atom. The maximum absolute atomic E-state index is 11.0. The largest absolute Gasteiger partial charge is 0.478 e. The highest BCUT2D eigenvalue weighted by molar-refractivity contribution is 7.98. The molecule has 0 radical (unpaired) electrons. The van der Waals surface area contributed by atoms with Crippen molar-refractivity contribution in [3.8, 4) is 5.69 Å². The van der Waals surface area contributed by atoms with Gasteiger partial charge in [-0.05, 0) is 55.5 Å². The van der Waals surface area contributed by atoms with Crippen LogP contribution in [0.3, 0.4) is 0 Å². The number of aryl methyl sites for hydroxylation is 1. The number of carboxylic acids is 1. The number of hydrogen-bond donors (Lipinski definition) is 2. The molecule has 2 aromatic rings. The SMILES string of the molecule is CSCCc1nn(-c2ccc(C(=O)O)cc2)c2c1CCCCN2. The van der Waals surface area contributed by atoms with Crippen molar-refractivity contribution in [3.05, 3.63) is 41.1 Å². The summed E-state index contributed by atoms with van der Waals surface area (Å²) in [7, 11) is 0. The highest BCUT2D eigenvalue weighted by atomic mass is 32.2. The van der Waals surface area contributed by atoms with Crippen LogP contribution in [-0.2, 0) is 12.8 Å². The molecule has 0 saturated carbocycles. The van der Waals surface area contributed by atoms with Gasteiger partial charge in [-0.25, -0.2) is 9.48 Å². The van der Waals surface area contributed by atoms with Gasteiger partial charge in [0.05, 0.1) is 16.9 Å². The Morgan fingerprint density at radius 3 is 2.83 bits per heavy atom. The highest BCUT2D eigenvalue weighted by Gasteiger charge is 2.20. The lowest BCUT2D eigenvalue weighted by atomic mass is 10.1. The van der Waals surface area contributed by atoms with Crippen molar-refractivity contribution in [2.45, 2.75) is 25.7 Å². The zero-order valence-corrected chi connectivity index (χ0v) is 14.0. The van der Waals surface area contributed by atoms with Crippen molar-refractivity contribution in [2.24, 2.45) is 0 Å². The molecule has 0 aliphatic carbocycles. The van der Waals surface area contributed by atoms with E-state index >= 15 is 0 Å². The number of carboxylic acid groups (broad SMARTS) is 1. The lowest BCUT2D eigenvalue weighted by Gasteiger charge is -2.09. The molecular formula is C17H21N3O2S. The minimum atomic E-state index is -0.908. The summed E-state index contributed by atoms with van der Waals surface area (Å²) in [6, 6.07) is 6.90. The van der Waals surface area contributed by atoms with Gasteiger partial charge in [-0.15, -0.1) is 0 Å². The molecule has 2 N–H and O–H groups in total. The Balaban J connectivity index is 2.00. The third-order valence-corrected chi connectivity index (χ3v) is 4.73. The predicted molar refractivity (Wildman–Crippen MR) is 94.0 cm³/mol. The second kappa shape index (κ2) is 7.08. The van der Waals surface area contributed by atoms with Crippen molar-refractivity contribution < 1.29 is 9.90 Å². The van der Waals surface area contributed by atoms with E-state index in [0.29, 0.717) is 5.56 Å². The number of thioether (sulfide) groups is 1. The summed E-state index contributed by atoms with van der Waals surface area (Å²) in [6.45, 7) is 0.952. The summed E-state index contributed by atoms with van der Waals surface area (Å²) in [5, 5.41) is 17.4. The van der Waals surface area contributed by atoms with Crippen LogP contribution in [-0.4, -0.2) is 39.4 Å². The molecule has 5 nitrogen and oxygen atoms in total. The first-order valence-electron chi connectivity index (χ1n) is 7.88. The molecule has 122 valence electrons. The molecule has 23 heavy (non-hydrogen) atoms. The fourth-order valence-electron chi connectivity index (χ4n) is 2.91. The van der Waals surface area contributed by atoms with Crippen molar-refractivity contribution in [1.29, 1.82) is 0 Å². The molecule has 0 bridgehead atoms. The number of fused-ring (bicyclic) bond motifs is 1. The first-order chi connectivity index (χ1) is 11.2. The first kappa shape index (κ1) is 15.9. The molecule has 0 fully saturated rings. The second-order valence-electron chi connectivity index (χ2n) is 5.66. The zero-order chi connectivity index (χ0) is 16.2. The van der Waals surface area contributed by atoms with Gasteiger partial charge in [0.1, 0.15) is 5.82 Å². The number of anilines is 1. The molecule has 0 amide bonds. The summed E-state index contributed by atoms with van der Waals surface area (Å²) in [6.07, 6.45) is 6.47. The average Bonchev–Trinajstić information content (AvgIpc) is 2.73. The lowest BCUT2D eigenvalue weighted by Crippen LogP contribution is -2.07. The Labute approximate surface area is 140 Å². The standard InChI is InChI=1S/C17H21N3O2S/c1-23-11-9-15-14-4-2-3-10-18-16(14)20(19-15)13-7-5-12(6-8-13)17(21)22/h5-8,18H,2-4,9-11H2,1H3,(H,21,22). The van der Waals surface area contributed by atoms with Crippen LogP contribution in [0.25, 0.3) is 5.69 Å². The second-order valence-corrected chi connectivity index (χ2v) is 6.65. The molecule has 0 unspecified atom stereocenters. The van der Waals surface area contributed by atoms with Crippen LogP contribution >= 0.6 is 11.8 Å². The molecule has 1 aliphatic heterocycles. The molecule has 1 aromatic heterocycles. The summed E-state index contributed by atoms with van der Waals surface area (Å²) >= 11 is 1.83. The van der Waals surface area contributed by atoms with Crippen LogP contribution in [0.4, 0.5) is 5.82 Å². The maximum Gasteiger partial charge on any atom is 0.335 e. The van der Waals surface area contributed by atoms with Crippen LogP contribution < -0.4 is 5.32 Å². The Morgan fingerprint density at radius 2 is 2.13 bits per heavy atom. The number of nitrogens with zero attached hydrogens (tertiary/aromatic N) is 2. The molecule has 2 heterocycles. The van der Waals surface area contributed by atoms with Gasteiger partial charge in [0.2, 0.25) is 0 Å². The number of nitrogens with one attached hydrogen (secondary N) is 1. The molecule has 0 atom stereocenters. The van der Waals surface area contributed by atoms with Crippen molar-refractivity contribution >= 4 is 23.5 Å². The summed E-state index contributed by atoms with van der Waals surface area (Å²) in [5.74, 6) is 1.22. The van der Waals surface area contributed by atoms with Crippen molar-refractivity contribution in [2.75, 3.05) is 23.9 Å². The monoisotopic (exact) mass is 331 g/mol. The maximum atomic E-state index is 11.0. The van der Waals surface area contributed by atoms with Gasteiger partial charge >= 0.3 is 5.97 Å². The third-order valence-electron chi connectivity index (χ3n) is 4.11. The number of aromatic carboxylic acids is 1. The normalized spacial score (nSPS) is 14.0. The predicted octanol–water partition coefficient (Wildman–Crippen LogP) is 3.22. The quantitative estimate of drug-likeness (QED) is 0.880. The summed E-state index contributed by atoms with van der Waals surface area (Å²) in [5.41, 5.74) is 3.67. The van der Waals surface area contributed by atoms with Gasteiger partial charge in [-0.1, -0.05) is 0 Å². The fourth-order valence-corrected chi connectivity index (χ4v) is 3.30. The average molecular weight is 331 g/mol. The van der Waals surface area contributed by atoms with Gasteiger partial charge in [0, 0.05) is 18.5 Å². The number of rotatable bonds is 5. The topological polar surface area (TPSA) is 67.2 Å². The molecule has 6 heteroatoms. The van der Waals surface area contributed by atoms with E-state index in [4.69, 9.17) is 10.2 Å². The highest BCUT2D eigenvalue weighted by Crippen LogP contribution is 2.28. The number of aromatic nitrogens is 2. The number of benzene rings is 1. The van der Waals surface area contributed by atoms with Gasteiger partial charge in [0.25, 0.3) is 0 Å². The minimum absolute atomic E-state index is 0.294. The Bertz CT molecular complexity index is 695. The van der Waals surface area contributed by atoms with E-state index in [1.807, 2.05) is 28.6 Å². The molecule has 1 aliphatic rings. The summed E-state index contributed by atoms with van der Waals surface area (Å²) in [4.78, 5) is 11.0. The molecular weight excluding hydrogens is 310 g/mol. The van der Waals surface area contributed by atoms with E-state index in [-0.39, 0.29) is 0 Å². The third kappa shape index (κ3) is 3.37. The van der Waals surface area contributed by atoms with Gasteiger partial charge in [-0.3, -0.25) is 0 Å². The Hall–Kier alpha value is -1.95. The van der Waals surface area contributed by atoms with Crippen LogP contribution in [0.5, 0.6) is 0 Å². The minimum Gasteiger partial charge on any atom is -0.478 e. The van der Waals surface area contributed by atoms with Crippen molar-refractivity contribution in [3.63, 3.8) is 0 Å². The molecule has 1 aromatic carbocycles. The van der Waals surface area contributed by atoms with E-state index in [0.717, 1.165) is 48.8 Å². The van der Waals surface area contributed by atoms with E-state index in [1.165, 1.54) is 12.0 Å². The summed E-state index contributed by atoms with van der Waals surface area (Å²) < 4.78 is 1.93. The van der Waals surface area contributed by atoms with Crippen LogP contribution in [0.2, 0.25) is 0 Å². The number of hydrogen-bond acceptors (Lipinski definition) is 4. The molecule has 3 rings (SSSR count). The van der Waals surface area contributed by atoms with Crippen LogP contribution in [0.1, 0.15) is 34.5 Å². The van der Waals surface area contributed by atoms with Crippen LogP contribution in [0, 0.1) is 0 Å².